The van der Waals surface area contributed by atoms with Crippen LogP contribution >= 0.6 is 11.6 Å². The van der Waals surface area contributed by atoms with Crippen LogP contribution in [-0.2, 0) is 10.1 Å². The summed E-state index contributed by atoms with van der Waals surface area (Å²) in [5, 5.41) is 3.40. The summed E-state index contributed by atoms with van der Waals surface area (Å²) in [6.45, 7) is 0. The van der Waals surface area contributed by atoms with Gasteiger partial charge in [0.05, 0.1) is 22.5 Å². The van der Waals surface area contributed by atoms with Crippen molar-refractivity contribution in [3.8, 4) is 0 Å². The molecule has 0 spiro atoms. The van der Waals surface area contributed by atoms with Gasteiger partial charge in [-0.25, -0.2) is 0 Å². The third-order valence-corrected chi connectivity index (χ3v) is 5.75. The Morgan fingerprint density at radius 1 is 0.900 bits per heavy atom. The first-order chi connectivity index (χ1) is 13.7. The van der Waals surface area contributed by atoms with Gasteiger partial charge in [-0.1, -0.05) is 35.9 Å². The van der Waals surface area contributed by atoms with Gasteiger partial charge < -0.3 is 11.1 Å². The fraction of sp³-hybridized carbons (Fsp3) is 0. The van der Waals surface area contributed by atoms with Crippen LogP contribution in [0.3, 0.4) is 0 Å². The van der Waals surface area contributed by atoms with E-state index in [4.69, 9.17) is 17.3 Å². The molecule has 3 aromatic rings. The van der Waals surface area contributed by atoms with E-state index in [1.807, 2.05) is 0 Å². The van der Waals surface area contributed by atoms with Crippen LogP contribution in [0.1, 0.15) is 31.8 Å². The number of benzene rings is 3. The summed E-state index contributed by atoms with van der Waals surface area (Å²) in [6.07, 6.45) is 0. The molecule has 0 aromatic heterocycles. The maximum absolute atomic E-state index is 13.2. The minimum Gasteiger partial charge on any atom is -0.397 e. The molecule has 1 radical (unpaired) electrons. The van der Waals surface area contributed by atoms with Crippen LogP contribution in [0.15, 0.2) is 59.5 Å². The normalized spacial score (nSPS) is 12.6. The molecular formula is C20H13ClN2NaO5S. The Kier molecular flexibility index (Phi) is 6.10. The van der Waals surface area contributed by atoms with Gasteiger partial charge in [0.2, 0.25) is 0 Å². The quantitative estimate of drug-likeness (QED) is 0.248. The monoisotopic (exact) mass is 451 g/mol. The summed E-state index contributed by atoms with van der Waals surface area (Å²) >= 11 is 5.88. The van der Waals surface area contributed by atoms with E-state index < -0.39 is 32.3 Å². The Hall–Kier alpha value is -2.20. The summed E-state index contributed by atoms with van der Waals surface area (Å²) in [5.41, 5.74) is 5.93. The fourth-order valence-corrected chi connectivity index (χ4v) is 4.07. The van der Waals surface area contributed by atoms with Gasteiger partial charge in [0.25, 0.3) is 10.1 Å². The number of halogens is 1. The zero-order chi connectivity index (χ0) is 20.9. The summed E-state index contributed by atoms with van der Waals surface area (Å²) in [5.74, 6) is -1.09. The van der Waals surface area contributed by atoms with Crippen LogP contribution in [0, 0.1) is 0 Å². The second-order valence-electron chi connectivity index (χ2n) is 6.40. The summed E-state index contributed by atoms with van der Waals surface area (Å²) in [7, 11) is -4.76. The second-order valence-corrected chi connectivity index (χ2v) is 8.22. The van der Waals surface area contributed by atoms with Crippen molar-refractivity contribution in [2.24, 2.45) is 0 Å². The molecule has 1 aliphatic carbocycles. The molecule has 10 heteroatoms. The molecule has 0 saturated carbocycles. The molecule has 0 unspecified atom stereocenters. The maximum atomic E-state index is 13.2. The third-order valence-electron chi connectivity index (χ3n) is 4.60. The van der Waals surface area contributed by atoms with Crippen molar-refractivity contribution in [3.63, 3.8) is 0 Å². The Labute approximate surface area is 199 Å². The molecule has 0 heterocycles. The van der Waals surface area contributed by atoms with Gasteiger partial charge >= 0.3 is 0 Å². The molecule has 0 saturated heterocycles. The molecule has 0 atom stereocenters. The van der Waals surface area contributed by atoms with Crippen LogP contribution < -0.4 is 11.1 Å². The Morgan fingerprint density at radius 2 is 1.43 bits per heavy atom. The molecular weight excluding hydrogens is 439 g/mol. The first kappa shape index (κ1) is 22.5. The largest absolute Gasteiger partial charge is 0.397 e. The van der Waals surface area contributed by atoms with Crippen molar-refractivity contribution in [2.45, 2.75) is 4.90 Å². The first-order valence-corrected chi connectivity index (χ1v) is 10.2. The number of carbonyl (C=O) groups excluding carboxylic acids is 2. The average molecular weight is 452 g/mol. The number of nitrogen functional groups attached to an aromatic ring is 1. The number of anilines is 3. The Balaban J connectivity index is 0.00000256. The maximum Gasteiger partial charge on any atom is 0.296 e. The molecule has 0 aliphatic heterocycles. The van der Waals surface area contributed by atoms with E-state index in [1.165, 1.54) is 12.1 Å². The van der Waals surface area contributed by atoms with Crippen molar-refractivity contribution in [2.75, 3.05) is 11.1 Å². The van der Waals surface area contributed by atoms with Gasteiger partial charge in [-0.15, -0.1) is 0 Å². The predicted molar refractivity (Wildman–Crippen MR) is 114 cm³/mol. The van der Waals surface area contributed by atoms with Crippen molar-refractivity contribution < 1.29 is 22.6 Å². The minimum atomic E-state index is -4.76. The number of nitrogens with two attached hydrogens (primary N) is 1. The van der Waals surface area contributed by atoms with E-state index in [1.54, 1.807) is 36.4 Å². The average Bonchev–Trinajstić information content (AvgIpc) is 2.68. The first-order valence-electron chi connectivity index (χ1n) is 8.33. The number of carbonyl (C=O) groups is 2. The Bertz CT molecular complexity index is 1310. The van der Waals surface area contributed by atoms with Crippen LogP contribution in [0.25, 0.3) is 0 Å². The number of hydrogen-bond acceptors (Lipinski definition) is 6. The van der Waals surface area contributed by atoms with Gasteiger partial charge in [0.15, 0.2) is 11.6 Å². The molecule has 0 fully saturated rings. The summed E-state index contributed by atoms with van der Waals surface area (Å²) in [4.78, 5) is 25.5. The topological polar surface area (TPSA) is 127 Å². The van der Waals surface area contributed by atoms with Gasteiger partial charge in [0, 0.05) is 51.4 Å². The number of fused-ring (bicyclic) bond motifs is 2. The fourth-order valence-electron chi connectivity index (χ4n) is 3.29. The van der Waals surface area contributed by atoms with Gasteiger partial charge in [-0.2, -0.15) is 8.42 Å². The van der Waals surface area contributed by atoms with Crippen LogP contribution in [0.2, 0.25) is 5.02 Å². The molecule has 7 nitrogen and oxygen atoms in total. The number of nitrogens with one attached hydrogen (secondary N) is 1. The zero-order valence-electron chi connectivity index (χ0n) is 15.6. The zero-order valence-corrected chi connectivity index (χ0v) is 19.2. The second kappa shape index (κ2) is 8.14. The van der Waals surface area contributed by atoms with Crippen molar-refractivity contribution >= 4 is 79.9 Å². The SMILES string of the molecule is Nc1c(S(=O)(=O)O)cc(Nc2ccc(Cl)cc2)c2c1C(=O)c1ccccc1C2=O.[Na]. The van der Waals surface area contributed by atoms with E-state index >= 15 is 0 Å². The van der Waals surface area contributed by atoms with E-state index in [2.05, 4.69) is 5.32 Å². The van der Waals surface area contributed by atoms with Crippen LogP contribution in [0.4, 0.5) is 17.1 Å². The van der Waals surface area contributed by atoms with E-state index in [-0.39, 0.29) is 57.5 Å². The minimum absolute atomic E-state index is 0. The van der Waals surface area contributed by atoms with Gasteiger partial charge in [0.1, 0.15) is 4.90 Å². The van der Waals surface area contributed by atoms with Gasteiger partial charge in [-0.05, 0) is 30.3 Å². The Morgan fingerprint density at radius 3 is 1.97 bits per heavy atom. The smallest absolute Gasteiger partial charge is 0.296 e. The standard InChI is InChI=1S/C20H13ClN2O5S.Na/c21-10-5-7-11(8-6-10)23-14-9-15(29(26,27)28)18(22)17-16(14)19(24)12-3-1-2-4-13(12)20(17)25;/h1-9,23H,22H2,(H,26,27,28);. The third kappa shape index (κ3) is 3.78. The molecule has 30 heavy (non-hydrogen) atoms. The van der Waals surface area contributed by atoms with Gasteiger partial charge in [-0.3, -0.25) is 14.1 Å². The molecule has 1 aliphatic rings. The number of ketones is 2. The molecule has 4 N–H and O–H groups in total. The molecule has 0 bridgehead atoms. The number of hydrogen-bond donors (Lipinski definition) is 3. The van der Waals surface area contributed by atoms with Crippen LogP contribution in [0.5, 0.6) is 0 Å². The summed E-state index contributed by atoms with van der Waals surface area (Å²) < 4.78 is 33.3. The van der Waals surface area contributed by atoms with Crippen molar-refractivity contribution in [3.05, 3.63) is 81.9 Å². The molecule has 0 amide bonds. The van der Waals surface area contributed by atoms with E-state index in [0.29, 0.717) is 10.7 Å². The van der Waals surface area contributed by atoms with Crippen LogP contribution in [-0.4, -0.2) is 54.1 Å². The summed E-state index contributed by atoms with van der Waals surface area (Å²) in [6, 6.07) is 13.6. The van der Waals surface area contributed by atoms with E-state index in [9.17, 15) is 22.6 Å². The van der Waals surface area contributed by atoms with Crippen molar-refractivity contribution in [1.82, 2.24) is 0 Å². The van der Waals surface area contributed by atoms with Crippen molar-refractivity contribution in [1.29, 1.82) is 0 Å². The van der Waals surface area contributed by atoms with E-state index in [0.717, 1.165) is 6.07 Å². The molecule has 147 valence electrons. The molecule has 4 rings (SSSR count). The predicted octanol–water partition coefficient (Wildman–Crippen LogP) is 3.31. The number of rotatable bonds is 3. The molecule has 3 aromatic carbocycles.